The van der Waals surface area contributed by atoms with Crippen molar-refractivity contribution in [3.05, 3.63) is 57.7 Å². The average molecular weight is 380 g/mol. The van der Waals surface area contributed by atoms with Gasteiger partial charge < -0.3 is 14.5 Å². The van der Waals surface area contributed by atoms with Crippen LogP contribution in [0, 0.1) is 0 Å². The van der Waals surface area contributed by atoms with E-state index in [2.05, 4.69) is 9.88 Å². The fourth-order valence-electron chi connectivity index (χ4n) is 2.73. The molecule has 1 atom stereocenters. The zero-order valence-corrected chi connectivity index (χ0v) is 15.6. The van der Waals surface area contributed by atoms with Gasteiger partial charge in [0.25, 0.3) is 5.91 Å². The Bertz CT molecular complexity index is 765. The largest absolute Gasteiger partial charge is 0.370 e. The topological polar surface area (TPSA) is 45.7 Å². The molecule has 3 rings (SSSR count). The van der Waals surface area contributed by atoms with Gasteiger partial charge in [0.2, 0.25) is 0 Å². The van der Waals surface area contributed by atoms with Gasteiger partial charge in [-0.2, -0.15) is 0 Å². The van der Waals surface area contributed by atoms with Crippen LogP contribution in [0.2, 0.25) is 10.0 Å². The number of carbonyl (C=O) groups is 1. The number of carbonyl (C=O) groups excluding carboxylic acids is 1. The van der Waals surface area contributed by atoms with Crippen molar-refractivity contribution in [2.45, 2.75) is 6.10 Å². The lowest BCUT2D eigenvalue weighted by Gasteiger charge is -2.34. The summed E-state index contributed by atoms with van der Waals surface area (Å²) in [5.74, 6) is 0.762. The second-order valence-corrected chi connectivity index (χ2v) is 6.90. The Kier molecular flexibility index (Phi) is 5.47. The molecule has 0 spiro atoms. The minimum absolute atomic E-state index is 0.0605. The van der Waals surface area contributed by atoms with Crippen LogP contribution in [0.4, 0.5) is 5.82 Å². The van der Waals surface area contributed by atoms with Gasteiger partial charge in [-0.3, -0.25) is 4.79 Å². The van der Waals surface area contributed by atoms with Crippen molar-refractivity contribution in [3.63, 3.8) is 0 Å². The molecule has 132 valence electrons. The van der Waals surface area contributed by atoms with Crippen LogP contribution >= 0.6 is 23.2 Å². The number of morpholine rings is 1. The Balaban J connectivity index is 1.74. The maximum Gasteiger partial charge on any atom is 0.254 e. The summed E-state index contributed by atoms with van der Waals surface area (Å²) in [5.41, 5.74) is 1.56. The molecule has 25 heavy (non-hydrogen) atoms. The highest BCUT2D eigenvalue weighted by Gasteiger charge is 2.23. The molecule has 0 aliphatic carbocycles. The minimum Gasteiger partial charge on any atom is -0.370 e. The Labute approximate surface area is 157 Å². The molecule has 1 amide bonds. The molecular weight excluding hydrogens is 361 g/mol. The third kappa shape index (κ3) is 4.06. The van der Waals surface area contributed by atoms with Gasteiger partial charge in [0.05, 0.1) is 22.2 Å². The van der Waals surface area contributed by atoms with Crippen LogP contribution in [0.15, 0.2) is 36.5 Å². The highest BCUT2D eigenvalue weighted by atomic mass is 35.5. The Morgan fingerprint density at radius 2 is 2.04 bits per heavy atom. The lowest BCUT2D eigenvalue weighted by Crippen LogP contribution is -2.38. The maximum atomic E-state index is 12.0. The molecule has 0 N–H and O–H groups in total. The number of pyridine rings is 1. The number of benzene rings is 1. The Morgan fingerprint density at radius 1 is 1.24 bits per heavy atom. The molecule has 5 nitrogen and oxygen atoms in total. The predicted octanol–water partition coefficient (Wildman–Crippen LogP) is 3.67. The van der Waals surface area contributed by atoms with Crippen molar-refractivity contribution in [2.75, 3.05) is 38.7 Å². The molecule has 1 aliphatic rings. The number of amides is 1. The van der Waals surface area contributed by atoms with Gasteiger partial charge in [-0.25, -0.2) is 4.98 Å². The van der Waals surface area contributed by atoms with Gasteiger partial charge >= 0.3 is 0 Å². The van der Waals surface area contributed by atoms with E-state index in [1.165, 1.54) is 4.90 Å². The van der Waals surface area contributed by atoms with E-state index in [0.717, 1.165) is 17.9 Å². The summed E-state index contributed by atoms with van der Waals surface area (Å²) in [6.45, 7) is 1.99. The lowest BCUT2D eigenvalue weighted by molar-refractivity contribution is 0.0395. The molecule has 1 unspecified atom stereocenters. The predicted molar refractivity (Wildman–Crippen MR) is 99.6 cm³/mol. The highest BCUT2D eigenvalue weighted by Crippen LogP contribution is 2.30. The molecular formula is C18H19Cl2N3O2. The summed E-state index contributed by atoms with van der Waals surface area (Å²) in [7, 11) is 3.44. The minimum atomic E-state index is -0.103. The van der Waals surface area contributed by atoms with Crippen LogP contribution < -0.4 is 4.90 Å². The second kappa shape index (κ2) is 7.60. The van der Waals surface area contributed by atoms with Crippen LogP contribution in [0.3, 0.4) is 0 Å². The third-order valence-corrected chi connectivity index (χ3v) is 4.85. The summed E-state index contributed by atoms with van der Waals surface area (Å²) < 4.78 is 5.87. The smallest absolute Gasteiger partial charge is 0.254 e. The maximum absolute atomic E-state index is 12.0. The van der Waals surface area contributed by atoms with Gasteiger partial charge in [-0.1, -0.05) is 29.3 Å². The molecule has 7 heteroatoms. The molecule has 1 aliphatic heterocycles. The van der Waals surface area contributed by atoms with Crippen LogP contribution in [0.5, 0.6) is 0 Å². The van der Waals surface area contributed by atoms with E-state index in [-0.39, 0.29) is 12.0 Å². The Morgan fingerprint density at radius 3 is 2.68 bits per heavy atom. The second-order valence-electron chi connectivity index (χ2n) is 6.08. The first-order chi connectivity index (χ1) is 12.0. The summed E-state index contributed by atoms with van der Waals surface area (Å²) in [6.07, 6.45) is 1.51. The van der Waals surface area contributed by atoms with Crippen LogP contribution in [-0.4, -0.2) is 49.6 Å². The molecule has 2 aromatic rings. The van der Waals surface area contributed by atoms with Crippen molar-refractivity contribution >= 4 is 34.9 Å². The zero-order valence-electron chi connectivity index (χ0n) is 14.1. The van der Waals surface area contributed by atoms with Crippen molar-refractivity contribution in [1.29, 1.82) is 0 Å². The molecule has 1 saturated heterocycles. The van der Waals surface area contributed by atoms with E-state index in [0.29, 0.717) is 28.8 Å². The summed E-state index contributed by atoms with van der Waals surface area (Å²) >= 11 is 12.1. The van der Waals surface area contributed by atoms with E-state index in [1.54, 1.807) is 32.4 Å². The van der Waals surface area contributed by atoms with E-state index in [1.807, 2.05) is 18.2 Å². The third-order valence-electron chi connectivity index (χ3n) is 4.11. The standard InChI is InChI=1S/C18H19Cl2N3O2/c1-22(2)18(24)13-4-6-17(21-10-13)23-7-8-25-16(11-23)12-3-5-14(19)15(20)9-12/h3-6,9-10,16H,7-8,11H2,1-2H3. The molecule has 1 aromatic carbocycles. The number of anilines is 1. The summed E-state index contributed by atoms with van der Waals surface area (Å²) in [6, 6.07) is 9.21. The number of hydrogen-bond donors (Lipinski definition) is 0. The fourth-order valence-corrected chi connectivity index (χ4v) is 3.04. The monoisotopic (exact) mass is 379 g/mol. The average Bonchev–Trinajstić information content (AvgIpc) is 2.63. The molecule has 2 heterocycles. The van der Waals surface area contributed by atoms with Crippen molar-refractivity contribution < 1.29 is 9.53 Å². The number of hydrogen-bond acceptors (Lipinski definition) is 4. The van der Waals surface area contributed by atoms with Gasteiger partial charge in [0.1, 0.15) is 11.9 Å². The number of halogens is 2. The SMILES string of the molecule is CN(C)C(=O)c1ccc(N2CCOC(c3ccc(Cl)c(Cl)c3)C2)nc1. The lowest BCUT2D eigenvalue weighted by atomic mass is 10.1. The van der Waals surface area contributed by atoms with E-state index >= 15 is 0 Å². The normalized spacial score (nSPS) is 17.4. The van der Waals surface area contributed by atoms with Crippen molar-refractivity contribution in [1.82, 2.24) is 9.88 Å². The van der Waals surface area contributed by atoms with Crippen LogP contribution in [0.25, 0.3) is 0 Å². The molecule has 0 saturated carbocycles. The number of rotatable bonds is 3. The van der Waals surface area contributed by atoms with Crippen molar-refractivity contribution in [2.24, 2.45) is 0 Å². The van der Waals surface area contributed by atoms with E-state index in [4.69, 9.17) is 27.9 Å². The van der Waals surface area contributed by atoms with Gasteiger partial charge in [-0.05, 0) is 29.8 Å². The first-order valence-electron chi connectivity index (χ1n) is 7.95. The molecule has 0 radical (unpaired) electrons. The number of nitrogens with zero attached hydrogens (tertiary/aromatic N) is 3. The van der Waals surface area contributed by atoms with E-state index < -0.39 is 0 Å². The van der Waals surface area contributed by atoms with Gasteiger partial charge in [0.15, 0.2) is 0 Å². The van der Waals surface area contributed by atoms with Crippen LogP contribution in [-0.2, 0) is 4.74 Å². The zero-order chi connectivity index (χ0) is 18.0. The first-order valence-corrected chi connectivity index (χ1v) is 8.70. The van der Waals surface area contributed by atoms with Crippen molar-refractivity contribution in [3.8, 4) is 0 Å². The van der Waals surface area contributed by atoms with Gasteiger partial charge in [0, 0.05) is 33.4 Å². The number of ether oxygens (including phenoxy) is 1. The summed E-state index contributed by atoms with van der Waals surface area (Å²) in [5, 5.41) is 1.05. The quantitative estimate of drug-likeness (QED) is 0.815. The first kappa shape index (κ1) is 18.0. The summed E-state index contributed by atoms with van der Waals surface area (Å²) in [4.78, 5) is 20.1. The highest BCUT2D eigenvalue weighted by molar-refractivity contribution is 6.42. The van der Waals surface area contributed by atoms with Gasteiger partial charge in [-0.15, -0.1) is 0 Å². The van der Waals surface area contributed by atoms with E-state index in [9.17, 15) is 4.79 Å². The van der Waals surface area contributed by atoms with Crippen LogP contribution in [0.1, 0.15) is 22.0 Å². The Hall–Kier alpha value is -1.82. The fraction of sp³-hybridized carbons (Fsp3) is 0.333. The molecule has 1 aromatic heterocycles. The molecule has 0 bridgehead atoms. The molecule has 1 fully saturated rings. The number of aromatic nitrogens is 1.